The van der Waals surface area contributed by atoms with E-state index in [4.69, 9.17) is 0 Å². The van der Waals surface area contributed by atoms with E-state index in [0.717, 1.165) is 38.2 Å². The SMILES string of the molecule is CC(C)C1CN(Cc2cncc(F)c2)CCCN1. The molecule has 2 rings (SSSR count). The standard InChI is InChI=1S/C14H22FN3/c1-11(2)14-10-18(5-3-4-17-14)9-12-6-13(15)8-16-7-12/h6-8,11,14,17H,3-5,9-10H2,1-2H3. The molecule has 1 fully saturated rings. The normalized spacial score (nSPS) is 22.1. The van der Waals surface area contributed by atoms with Crippen LogP contribution >= 0.6 is 0 Å². The minimum Gasteiger partial charge on any atom is -0.312 e. The molecule has 1 aliphatic rings. The smallest absolute Gasteiger partial charge is 0.141 e. The second-order valence-corrected chi connectivity index (χ2v) is 5.40. The second-order valence-electron chi connectivity index (χ2n) is 5.40. The van der Waals surface area contributed by atoms with Crippen molar-refractivity contribution in [2.75, 3.05) is 19.6 Å². The number of halogens is 1. The average Bonchev–Trinajstić information content (AvgIpc) is 2.55. The Labute approximate surface area is 108 Å². The maximum absolute atomic E-state index is 13.1. The van der Waals surface area contributed by atoms with Gasteiger partial charge in [0.25, 0.3) is 0 Å². The molecular weight excluding hydrogens is 229 g/mol. The molecule has 0 saturated carbocycles. The van der Waals surface area contributed by atoms with Gasteiger partial charge in [0.2, 0.25) is 0 Å². The molecule has 3 nitrogen and oxygen atoms in total. The Balaban J connectivity index is 1.99. The van der Waals surface area contributed by atoms with E-state index in [9.17, 15) is 4.39 Å². The molecule has 1 N–H and O–H groups in total. The maximum atomic E-state index is 13.1. The molecule has 1 saturated heterocycles. The van der Waals surface area contributed by atoms with Crippen molar-refractivity contribution < 1.29 is 4.39 Å². The monoisotopic (exact) mass is 251 g/mol. The summed E-state index contributed by atoms with van der Waals surface area (Å²) in [4.78, 5) is 6.30. The van der Waals surface area contributed by atoms with Gasteiger partial charge in [0, 0.05) is 25.3 Å². The number of hydrogen-bond donors (Lipinski definition) is 1. The Kier molecular flexibility index (Phi) is 4.66. The molecule has 0 aromatic carbocycles. The highest BCUT2D eigenvalue weighted by Gasteiger charge is 2.20. The van der Waals surface area contributed by atoms with Crippen molar-refractivity contribution in [3.8, 4) is 0 Å². The van der Waals surface area contributed by atoms with Gasteiger partial charge < -0.3 is 5.32 Å². The van der Waals surface area contributed by atoms with Gasteiger partial charge in [0.1, 0.15) is 5.82 Å². The summed E-state index contributed by atoms with van der Waals surface area (Å²) < 4.78 is 13.1. The number of pyridine rings is 1. The summed E-state index contributed by atoms with van der Waals surface area (Å²) in [6.07, 6.45) is 4.15. The molecule has 100 valence electrons. The van der Waals surface area contributed by atoms with Crippen LogP contribution in [0.1, 0.15) is 25.8 Å². The zero-order chi connectivity index (χ0) is 13.0. The van der Waals surface area contributed by atoms with Gasteiger partial charge in [-0.2, -0.15) is 0 Å². The van der Waals surface area contributed by atoms with Crippen LogP contribution < -0.4 is 5.32 Å². The first kappa shape index (κ1) is 13.4. The van der Waals surface area contributed by atoms with Gasteiger partial charge in [-0.05, 0) is 37.1 Å². The Bertz CT molecular complexity index is 381. The maximum Gasteiger partial charge on any atom is 0.141 e. The predicted molar refractivity (Wildman–Crippen MR) is 70.7 cm³/mol. The van der Waals surface area contributed by atoms with Crippen molar-refractivity contribution in [3.63, 3.8) is 0 Å². The minimum absolute atomic E-state index is 0.249. The summed E-state index contributed by atoms with van der Waals surface area (Å²) in [5, 5.41) is 3.58. The van der Waals surface area contributed by atoms with Gasteiger partial charge in [-0.25, -0.2) is 4.39 Å². The minimum atomic E-state index is -0.249. The molecule has 1 atom stereocenters. The molecule has 0 spiro atoms. The van der Waals surface area contributed by atoms with E-state index in [1.54, 1.807) is 12.3 Å². The van der Waals surface area contributed by atoms with Gasteiger partial charge in [-0.1, -0.05) is 13.8 Å². The molecule has 0 radical (unpaired) electrons. The number of rotatable bonds is 3. The fourth-order valence-corrected chi connectivity index (χ4v) is 2.41. The first-order valence-electron chi connectivity index (χ1n) is 6.70. The third kappa shape index (κ3) is 3.75. The lowest BCUT2D eigenvalue weighted by Crippen LogP contribution is -2.41. The van der Waals surface area contributed by atoms with Gasteiger partial charge in [0.15, 0.2) is 0 Å². The zero-order valence-corrected chi connectivity index (χ0v) is 11.2. The average molecular weight is 251 g/mol. The molecule has 1 aromatic rings. The number of aromatic nitrogens is 1. The van der Waals surface area contributed by atoms with Crippen LogP contribution in [0.4, 0.5) is 4.39 Å². The van der Waals surface area contributed by atoms with Crippen LogP contribution in [0.15, 0.2) is 18.5 Å². The quantitative estimate of drug-likeness (QED) is 0.891. The van der Waals surface area contributed by atoms with Gasteiger partial charge >= 0.3 is 0 Å². The lowest BCUT2D eigenvalue weighted by atomic mass is 10.0. The van der Waals surface area contributed by atoms with Crippen LogP contribution in [0.5, 0.6) is 0 Å². The predicted octanol–water partition coefficient (Wildman–Crippen LogP) is 2.04. The summed E-state index contributed by atoms with van der Waals surface area (Å²) in [6.45, 7) is 8.42. The van der Waals surface area contributed by atoms with Crippen molar-refractivity contribution in [1.82, 2.24) is 15.2 Å². The summed E-state index contributed by atoms with van der Waals surface area (Å²) in [5.41, 5.74) is 0.958. The van der Waals surface area contributed by atoms with Crippen LogP contribution in [0.3, 0.4) is 0 Å². The second kappa shape index (κ2) is 6.25. The highest BCUT2D eigenvalue weighted by molar-refractivity contribution is 5.10. The molecular formula is C14H22FN3. The Morgan fingerprint density at radius 2 is 2.33 bits per heavy atom. The van der Waals surface area contributed by atoms with E-state index >= 15 is 0 Å². The topological polar surface area (TPSA) is 28.2 Å². The van der Waals surface area contributed by atoms with Crippen LogP contribution in [0.2, 0.25) is 0 Å². The van der Waals surface area contributed by atoms with E-state index in [1.807, 2.05) is 0 Å². The fourth-order valence-electron chi connectivity index (χ4n) is 2.41. The third-order valence-corrected chi connectivity index (χ3v) is 3.48. The molecule has 18 heavy (non-hydrogen) atoms. The number of nitrogens with one attached hydrogen (secondary N) is 1. The lowest BCUT2D eigenvalue weighted by molar-refractivity contribution is 0.238. The third-order valence-electron chi connectivity index (χ3n) is 3.48. The molecule has 0 amide bonds. The molecule has 1 aliphatic heterocycles. The summed E-state index contributed by atoms with van der Waals surface area (Å²) in [5.74, 6) is 0.372. The first-order chi connectivity index (χ1) is 8.65. The van der Waals surface area contributed by atoms with E-state index in [0.29, 0.717) is 12.0 Å². The summed E-state index contributed by atoms with van der Waals surface area (Å²) in [6, 6.07) is 2.10. The Morgan fingerprint density at radius 3 is 3.06 bits per heavy atom. The highest BCUT2D eigenvalue weighted by atomic mass is 19.1. The Morgan fingerprint density at radius 1 is 1.50 bits per heavy atom. The van der Waals surface area contributed by atoms with Crippen molar-refractivity contribution in [3.05, 3.63) is 29.8 Å². The van der Waals surface area contributed by atoms with Gasteiger partial charge in [0.05, 0.1) is 6.20 Å². The van der Waals surface area contributed by atoms with Crippen molar-refractivity contribution >= 4 is 0 Å². The van der Waals surface area contributed by atoms with Gasteiger partial charge in [-0.3, -0.25) is 9.88 Å². The lowest BCUT2D eigenvalue weighted by Gasteiger charge is -2.26. The van der Waals surface area contributed by atoms with E-state index in [2.05, 4.69) is 29.0 Å². The van der Waals surface area contributed by atoms with Gasteiger partial charge in [-0.15, -0.1) is 0 Å². The van der Waals surface area contributed by atoms with E-state index in [1.165, 1.54) is 6.20 Å². The number of nitrogens with zero attached hydrogens (tertiary/aromatic N) is 2. The van der Waals surface area contributed by atoms with Crippen LogP contribution in [-0.4, -0.2) is 35.6 Å². The molecule has 1 aromatic heterocycles. The van der Waals surface area contributed by atoms with E-state index < -0.39 is 0 Å². The van der Waals surface area contributed by atoms with Crippen LogP contribution in [0.25, 0.3) is 0 Å². The summed E-state index contributed by atoms with van der Waals surface area (Å²) >= 11 is 0. The van der Waals surface area contributed by atoms with Crippen molar-refractivity contribution in [1.29, 1.82) is 0 Å². The van der Waals surface area contributed by atoms with Crippen molar-refractivity contribution in [2.45, 2.75) is 32.9 Å². The number of hydrogen-bond acceptors (Lipinski definition) is 3. The molecule has 2 heterocycles. The summed E-state index contributed by atoms with van der Waals surface area (Å²) in [7, 11) is 0. The van der Waals surface area contributed by atoms with E-state index in [-0.39, 0.29) is 5.82 Å². The largest absolute Gasteiger partial charge is 0.312 e. The van der Waals surface area contributed by atoms with Crippen LogP contribution in [-0.2, 0) is 6.54 Å². The molecule has 0 bridgehead atoms. The molecule has 1 unspecified atom stereocenters. The van der Waals surface area contributed by atoms with Crippen LogP contribution in [0, 0.1) is 11.7 Å². The van der Waals surface area contributed by atoms with Crippen molar-refractivity contribution in [2.24, 2.45) is 5.92 Å². The molecule has 0 aliphatic carbocycles. The molecule has 4 heteroatoms. The zero-order valence-electron chi connectivity index (χ0n) is 11.2. The fraction of sp³-hybridized carbons (Fsp3) is 0.643. The highest BCUT2D eigenvalue weighted by Crippen LogP contribution is 2.12. The first-order valence-corrected chi connectivity index (χ1v) is 6.70. The Hall–Kier alpha value is -1.00.